The van der Waals surface area contributed by atoms with Gasteiger partial charge in [0.25, 0.3) is 0 Å². The van der Waals surface area contributed by atoms with E-state index >= 15 is 0 Å². The van der Waals surface area contributed by atoms with E-state index in [1.165, 1.54) is 0 Å². The van der Waals surface area contributed by atoms with E-state index in [9.17, 15) is 0 Å². The maximum atomic E-state index is 6.08. The molecule has 5 nitrogen and oxygen atoms in total. The van der Waals surface area contributed by atoms with Crippen LogP contribution in [0.3, 0.4) is 0 Å². The number of ether oxygens (including phenoxy) is 1. The highest BCUT2D eigenvalue weighted by atomic mass is 35.5. The monoisotopic (exact) mass is 312 g/mol. The quantitative estimate of drug-likeness (QED) is 0.659. The first-order valence-electron chi connectivity index (χ1n) is 5.98. The summed E-state index contributed by atoms with van der Waals surface area (Å²) in [5, 5.41) is 0.751. The molecule has 0 fully saturated rings. The summed E-state index contributed by atoms with van der Waals surface area (Å²) in [7, 11) is 0. The van der Waals surface area contributed by atoms with Gasteiger partial charge in [-0.05, 0) is 12.1 Å². The number of hydrogen-bond acceptors (Lipinski definition) is 5. The number of rotatable bonds is 4. The smallest absolute Gasteiger partial charge is 0.224 e. The van der Waals surface area contributed by atoms with Crippen LogP contribution in [0.15, 0.2) is 24.3 Å². The molecule has 0 spiro atoms. The molecule has 20 heavy (non-hydrogen) atoms. The molecule has 0 radical (unpaired) electrons. The normalized spacial score (nSPS) is 10.7. The van der Waals surface area contributed by atoms with Gasteiger partial charge in [-0.3, -0.25) is 0 Å². The number of nitrogens with one attached hydrogen (secondary N) is 1. The van der Waals surface area contributed by atoms with E-state index in [-0.39, 0.29) is 5.92 Å². The zero-order chi connectivity index (χ0) is 14.7. The predicted molar refractivity (Wildman–Crippen MR) is 80.5 cm³/mol. The van der Waals surface area contributed by atoms with Crippen LogP contribution >= 0.6 is 23.2 Å². The number of benzene rings is 1. The number of nitrogens with two attached hydrogens (primary N) is 1. The van der Waals surface area contributed by atoms with Crippen molar-refractivity contribution >= 4 is 29.0 Å². The molecule has 1 heterocycles. The Morgan fingerprint density at radius 3 is 2.65 bits per heavy atom. The van der Waals surface area contributed by atoms with Gasteiger partial charge in [-0.25, -0.2) is 10.8 Å². The summed E-state index contributed by atoms with van der Waals surface area (Å²) in [6.07, 6.45) is 0. The fourth-order valence-electron chi connectivity index (χ4n) is 1.50. The summed E-state index contributed by atoms with van der Waals surface area (Å²) in [6.45, 7) is 3.96. The van der Waals surface area contributed by atoms with Crippen LogP contribution in [0.4, 0.5) is 5.82 Å². The highest BCUT2D eigenvalue weighted by Gasteiger charge is 2.11. The topological polar surface area (TPSA) is 73.1 Å². The molecular weight excluding hydrogens is 299 g/mol. The van der Waals surface area contributed by atoms with Gasteiger partial charge in [0.2, 0.25) is 5.88 Å². The van der Waals surface area contributed by atoms with E-state index in [0.29, 0.717) is 33.3 Å². The second kappa shape index (κ2) is 6.26. The minimum absolute atomic E-state index is 0.139. The molecule has 0 saturated heterocycles. The number of nitrogens with zero attached hydrogens (tertiary/aromatic N) is 2. The van der Waals surface area contributed by atoms with Crippen LogP contribution in [0, 0.1) is 0 Å². The summed E-state index contributed by atoms with van der Waals surface area (Å²) >= 11 is 12.0. The molecule has 106 valence electrons. The van der Waals surface area contributed by atoms with Crippen molar-refractivity contribution in [3.63, 3.8) is 0 Å². The third-order valence-corrected chi connectivity index (χ3v) is 3.32. The molecule has 0 bridgehead atoms. The van der Waals surface area contributed by atoms with Crippen LogP contribution in [-0.2, 0) is 0 Å². The Morgan fingerprint density at radius 2 is 2.00 bits per heavy atom. The van der Waals surface area contributed by atoms with Crippen molar-refractivity contribution in [3.8, 4) is 11.6 Å². The molecule has 1 aromatic heterocycles. The van der Waals surface area contributed by atoms with E-state index in [4.69, 9.17) is 33.8 Å². The molecule has 0 aliphatic carbocycles. The molecule has 1 aromatic carbocycles. The molecule has 0 aliphatic rings. The summed E-state index contributed by atoms with van der Waals surface area (Å²) in [6, 6.07) is 6.73. The van der Waals surface area contributed by atoms with Crippen LogP contribution in [0.2, 0.25) is 10.0 Å². The van der Waals surface area contributed by atoms with Crippen molar-refractivity contribution in [1.82, 2.24) is 9.97 Å². The first-order valence-corrected chi connectivity index (χ1v) is 6.74. The molecule has 7 heteroatoms. The second-order valence-corrected chi connectivity index (χ2v) is 5.19. The van der Waals surface area contributed by atoms with Crippen molar-refractivity contribution < 1.29 is 4.74 Å². The zero-order valence-electron chi connectivity index (χ0n) is 11.0. The van der Waals surface area contributed by atoms with E-state index in [0.717, 1.165) is 0 Å². The van der Waals surface area contributed by atoms with Gasteiger partial charge >= 0.3 is 0 Å². The fourth-order valence-corrected chi connectivity index (χ4v) is 1.83. The fraction of sp³-hybridized carbons (Fsp3) is 0.231. The van der Waals surface area contributed by atoms with Crippen molar-refractivity contribution in [2.24, 2.45) is 5.84 Å². The summed E-state index contributed by atoms with van der Waals surface area (Å²) in [5.74, 6) is 7.39. The maximum Gasteiger partial charge on any atom is 0.224 e. The minimum Gasteiger partial charge on any atom is -0.437 e. The summed E-state index contributed by atoms with van der Waals surface area (Å²) in [4.78, 5) is 8.56. The lowest BCUT2D eigenvalue weighted by Crippen LogP contribution is -2.11. The maximum absolute atomic E-state index is 6.08. The molecule has 3 N–H and O–H groups in total. The van der Waals surface area contributed by atoms with Crippen LogP contribution in [0.5, 0.6) is 11.6 Å². The molecule has 2 aromatic rings. The minimum atomic E-state index is 0.139. The average molecular weight is 313 g/mol. The third-order valence-electron chi connectivity index (χ3n) is 2.51. The van der Waals surface area contributed by atoms with Gasteiger partial charge in [0.05, 0.1) is 5.02 Å². The highest BCUT2D eigenvalue weighted by Crippen LogP contribution is 2.34. The average Bonchev–Trinajstić information content (AvgIpc) is 2.43. The number of anilines is 1. The Balaban J connectivity index is 2.37. The molecule has 2 rings (SSSR count). The SMILES string of the molecule is CC(C)c1nc(NN)cc(Oc2cccc(Cl)c2Cl)n1. The van der Waals surface area contributed by atoms with Gasteiger partial charge in [-0.1, -0.05) is 43.1 Å². The lowest BCUT2D eigenvalue weighted by atomic mass is 10.2. The van der Waals surface area contributed by atoms with Gasteiger partial charge in [-0.15, -0.1) is 0 Å². The lowest BCUT2D eigenvalue weighted by Gasteiger charge is -2.11. The van der Waals surface area contributed by atoms with Crippen molar-refractivity contribution in [2.45, 2.75) is 19.8 Å². The van der Waals surface area contributed by atoms with Crippen LogP contribution in [-0.4, -0.2) is 9.97 Å². The number of aromatic nitrogens is 2. The standard InChI is InChI=1S/C13H14Cl2N4O/c1-7(2)13-17-10(19-16)6-11(18-13)20-9-5-3-4-8(14)12(9)15/h3-7H,16H2,1-2H3,(H,17,18,19). The Labute approximate surface area is 127 Å². The van der Waals surface area contributed by atoms with Gasteiger partial charge in [0.1, 0.15) is 22.4 Å². The first kappa shape index (κ1) is 14.8. The van der Waals surface area contributed by atoms with Crippen molar-refractivity contribution in [1.29, 1.82) is 0 Å². The van der Waals surface area contributed by atoms with E-state index < -0.39 is 0 Å². The molecule has 0 aliphatic heterocycles. The van der Waals surface area contributed by atoms with E-state index in [2.05, 4.69) is 15.4 Å². The number of hydrogen-bond donors (Lipinski definition) is 2. The Kier molecular flexibility index (Phi) is 4.65. The molecule has 0 unspecified atom stereocenters. The van der Waals surface area contributed by atoms with Crippen LogP contribution < -0.4 is 16.0 Å². The zero-order valence-corrected chi connectivity index (χ0v) is 12.5. The first-order chi connectivity index (χ1) is 9.51. The summed E-state index contributed by atoms with van der Waals surface area (Å²) in [5.41, 5.74) is 2.48. The highest BCUT2D eigenvalue weighted by molar-refractivity contribution is 6.42. The summed E-state index contributed by atoms with van der Waals surface area (Å²) < 4.78 is 5.66. The van der Waals surface area contributed by atoms with E-state index in [1.54, 1.807) is 24.3 Å². The van der Waals surface area contributed by atoms with Gasteiger partial charge in [-0.2, -0.15) is 4.98 Å². The largest absolute Gasteiger partial charge is 0.437 e. The van der Waals surface area contributed by atoms with Gasteiger partial charge in [0, 0.05) is 12.0 Å². The molecular formula is C13H14Cl2N4O. The van der Waals surface area contributed by atoms with Crippen molar-refractivity contribution in [2.75, 3.05) is 5.43 Å². The van der Waals surface area contributed by atoms with Crippen LogP contribution in [0.1, 0.15) is 25.6 Å². The number of halogens is 2. The second-order valence-electron chi connectivity index (χ2n) is 4.40. The Bertz CT molecular complexity index is 619. The molecule has 0 atom stereocenters. The predicted octanol–water partition coefficient (Wildman–Crippen LogP) is 3.98. The Hall–Kier alpha value is -1.56. The number of nitrogen functional groups attached to an aromatic ring is 1. The van der Waals surface area contributed by atoms with E-state index in [1.807, 2.05) is 13.8 Å². The van der Waals surface area contributed by atoms with Gasteiger partial charge in [0.15, 0.2) is 0 Å². The lowest BCUT2D eigenvalue weighted by molar-refractivity contribution is 0.457. The Morgan fingerprint density at radius 1 is 1.25 bits per heavy atom. The third kappa shape index (κ3) is 3.30. The van der Waals surface area contributed by atoms with Gasteiger partial charge < -0.3 is 10.2 Å². The molecule has 0 saturated carbocycles. The molecule has 0 amide bonds. The number of hydrazine groups is 1. The van der Waals surface area contributed by atoms with Crippen molar-refractivity contribution in [3.05, 3.63) is 40.1 Å². The van der Waals surface area contributed by atoms with Crippen LogP contribution in [0.25, 0.3) is 0 Å².